The lowest BCUT2D eigenvalue weighted by Crippen LogP contribution is -2.46. The first-order valence-electron chi connectivity index (χ1n) is 7.09. The summed E-state index contributed by atoms with van der Waals surface area (Å²) < 4.78 is 10.8. The van der Waals surface area contributed by atoms with Crippen LogP contribution in [0.4, 0.5) is 5.69 Å². The number of benzene rings is 1. The third kappa shape index (κ3) is 2.64. The van der Waals surface area contributed by atoms with Gasteiger partial charge in [0.25, 0.3) is 0 Å². The van der Waals surface area contributed by atoms with Gasteiger partial charge < -0.3 is 20.2 Å². The van der Waals surface area contributed by atoms with Crippen LogP contribution < -0.4 is 11.1 Å². The van der Waals surface area contributed by atoms with Crippen molar-refractivity contribution < 1.29 is 13.9 Å². The molecule has 6 heteroatoms. The first kappa shape index (κ1) is 14.0. The van der Waals surface area contributed by atoms with Gasteiger partial charge in [-0.1, -0.05) is 0 Å². The van der Waals surface area contributed by atoms with E-state index in [4.69, 9.17) is 14.9 Å². The Morgan fingerprint density at radius 3 is 2.90 bits per heavy atom. The van der Waals surface area contributed by atoms with Crippen LogP contribution in [0.1, 0.15) is 18.7 Å². The van der Waals surface area contributed by atoms with Crippen LogP contribution in [0.2, 0.25) is 0 Å². The van der Waals surface area contributed by atoms with E-state index in [2.05, 4.69) is 10.3 Å². The fourth-order valence-electron chi connectivity index (χ4n) is 2.67. The van der Waals surface area contributed by atoms with Crippen molar-refractivity contribution in [1.82, 2.24) is 4.98 Å². The molecule has 1 fully saturated rings. The summed E-state index contributed by atoms with van der Waals surface area (Å²) in [6, 6.07) is 5.44. The minimum atomic E-state index is -0.535. The van der Waals surface area contributed by atoms with E-state index in [9.17, 15) is 4.79 Å². The maximum Gasteiger partial charge on any atom is 0.232 e. The second-order valence-electron chi connectivity index (χ2n) is 5.47. The molecule has 0 bridgehead atoms. The van der Waals surface area contributed by atoms with E-state index >= 15 is 0 Å². The summed E-state index contributed by atoms with van der Waals surface area (Å²) in [6.45, 7) is 3.27. The molecule has 3 N–H and O–H groups in total. The zero-order valence-corrected chi connectivity index (χ0v) is 12.0. The van der Waals surface area contributed by atoms with Crippen LogP contribution in [-0.4, -0.2) is 30.6 Å². The molecule has 0 spiro atoms. The van der Waals surface area contributed by atoms with Crippen molar-refractivity contribution in [2.75, 3.05) is 25.1 Å². The molecule has 3 rings (SSSR count). The Hall–Kier alpha value is -1.92. The Morgan fingerprint density at radius 2 is 2.19 bits per heavy atom. The lowest BCUT2D eigenvalue weighted by Gasteiger charge is -2.34. The van der Waals surface area contributed by atoms with Crippen LogP contribution in [0.5, 0.6) is 0 Å². The number of nitrogens with two attached hydrogens (primary N) is 1. The molecule has 1 saturated heterocycles. The average Bonchev–Trinajstić information content (AvgIpc) is 2.87. The van der Waals surface area contributed by atoms with Crippen molar-refractivity contribution in [2.24, 2.45) is 11.1 Å². The van der Waals surface area contributed by atoms with Crippen LogP contribution >= 0.6 is 0 Å². The Bertz CT molecular complexity index is 659. The quantitative estimate of drug-likeness (QED) is 0.899. The van der Waals surface area contributed by atoms with Crippen molar-refractivity contribution in [3.8, 4) is 0 Å². The number of ether oxygens (including phenoxy) is 1. The van der Waals surface area contributed by atoms with E-state index in [1.165, 1.54) is 0 Å². The van der Waals surface area contributed by atoms with Crippen molar-refractivity contribution in [3.63, 3.8) is 0 Å². The van der Waals surface area contributed by atoms with Crippen LogP contribution in [0.15, 0.2) is 22.6 Å². The van der Waals surface area contributed by atoms with Crippen molar-refractivity contribution >= 4 is 22.7 Å². The van der Waals surface area contributed by atoms with Crippen LogP contribution in [0, 0.1) is 12.3 Å². The minimum Gasteiger partial charge on any atom is -0.441 e. The van der Waals surface area contributed by atoms with E-state index in [1.54, 1.807) is 6.92 Å². The highest BCUT2D eigenvalue weighted by Crippen LogP contribution is 2.31. The molecule has 0 saturated carbocycles. The molecule has 1 amide bonds. The molecule has 21 heavy (non-hydrogen) atoms. The van der Waals surface area contributed by atoms with Gasteiger partial charge >= 0.3 is 0 Å². The SMILES string of the molecule is Cc1nc2cc(NC(=O)C3(CN)CCOCC3)ccc2o1. The number of carbonyl (C=O) groups is 1. The predicted octanol–water partition coefficient (Wildman–Crippen LogP) is 1.83. The molecule has 0 aliphatic carbocycles. The number of nitrogens with one attached hydrogen (secondary N) is 1. The number of hydrogen-bond acceptors (Lipinski definition) is 5. The first-order chi connectivity index (χ1) is 10.1. The number of aromatic nitrogens is 1. The third-order valence-corrected chi connectivity index (χ3v) is 4.07. The molecule has 0 atom stereocenters. The summed E-state index contributed by atoms with van der Waals surface area (Å²) in [7, 11) is 0. The number of oxazole rings is 1. The van der Waals surface area contributed by atoms with Gasteiger partial charge in [0, 0.05) is 32.4 Å². The highest BCUT2D eigenvalue weighted by molar-refractivity contribution is 5.97. The number of anilines is 1. The molecular weight excluding hydrogens is 270 g/mol. The molecule has 1 aliphatic heterocycles. The zero-order chi connectivity index (χ0) is 14.9. The summed E-state index contributed by atoms with van der Waals surface area (Å²) in [5.74, 6) is 0.559. The molecule has 112 valence electrons. The van der Waals surface area contributed by atoms with Crippen molar-refractivity contribution in [3.05, 3.63) is 24.1 Å². The summed E-state index contributed by atoms with van der Waals surface area (Å²) in [5.41, 5.74) is 7.46. The Labute approximate surface area is 122 Å². The molecule has 1 aromatic carbocycles. The lowest BCUT2D eigenvalue weighted by molar-refractivity contribution is -0.130. The number of fused-ring (bicyclic) bond motifs is 1. The van der Waals surface area contributed by atoms with Crippen molar-refractivity contribution in [1.29, 1.82) is 0 Å². The molecular formula is C15H19N3O3. The first-order valence-corrected chi connectivity index (χ1v) is 7.09. The number of carbonyl (C=O) groups excluding carboxylic acids is 1. The standard InChI is InChI=1S/C15H19N3O3/c1-10-17-12-8-11(2-3-13(12)21-10)18-14(19)15(9-16)4-6-20-7-5-15/h2-3,8H,4-7,9,16H2,1H3,(H,18,19). The zero-order valence-electron chi connectivity index (χ0n) is 12.0. The number of rotatable bonds is 3. The second-order valence-corrected chi connectivity index (χ2v) is 5.47. The van der Waals surface area contributed by atoms with Gasteiger partial charge in [0.1, 0.15) is 5.52 Å². The average molecular weight is 289 g/mol. The maximum absolute atomic E-state index is 12.6. The van der Waals surface area contributed by atoms with Gasteiger partial charge in [0.15, 0.2) is 11.5 Å². The predicted molar refractivity (Wildman–Crippen MR) is 78.9 cm³/mol. The van der Waals surface area contributed by atoms with Gasteiger partial charge in [0.2, 0.25) is 5.91 Å². The second kappa shape index (κ2) is 5.46. The number of hydrogen-bond donors (Lipinski definition) is 2. The highest BCUT2D eigenvalue weighted by atomic mass is 16.5. The minimum absolute atomic E-state index is 0.0483. The van der Waals surface area contributed by atoms with Gasteiger partial charge in [-0.25, -0.2) is 4.98 Å². The molecule has 1 aliphatic rings. The summed E-state index contributed by atoms with van der Waals surface area (Å²) in [4.78, 5) is 16.8. The van der Waals surface area contributed by atoms with Gasteiger partial charge in [-0.15, -0.1) is 0 Å². The van der Waals surface area contributed by atoms with Crippen LogP contribution in [-0.2, 0) is 9.53 Å². The third-order valence-electron chi connectivity index (χ3n) is 4.07. The normalized spacial score (nSPS) is 17.8. The van der Waals surface area contributed by atoms with E-state index in [0.717, 1.165) is 5.52 Å². The summed E-state index contributed by atoms with van der Waals surface area (Å²) in [5, 5.41) is 2.95. The van der Waals surface area contributed by atoms with Gasteiger partial charge in [0.05, 0.1) is 5.41 Å². The van der Waals surface area contributed by atoms with Crippen LogP contribution in [0.3, 0.4) is 0 Å². The summed E-state index contributed by atoms with van der Waals surface area (Å²) in [6.07, 6.45) is 1.31. The molecule has 2 heterocycles. The number of aryl methyl sites for hydroxylation is 1. The van der Waals surface area contributed by atoms with Crippen LogP contribution in [0.25, 0.3) is 11.1 Å². The highest BCUT2D eigenvalue weighted by Gasteiger charge is 2.38. The van der Waals surface area contributed by atoms with Crippen molar-refractivity contribution in [2.45, 2.75) is 19.8 Å². The Balaban J connectivity index is 1.81. The van der Waals surface area contributed by atoms with E-state index in [1.807, 2.05) is 18.2 Å². The molecule has 2 aromatic rings. The lowest BCUT2D eigenvalue weighted by atomic mass is 9.79. The monoisotopic (exact) mass is 289 g/mol. The molecule has 0 unspecified atom stereocenters. The van der Waals surface area contributed by atoms with E-state index < -0.39 is 5.41 Å². The Kier molecular flexibility index (Phi) is 3.65. The van der Waals surface area contributed by atoms with Gasteiger partial charge in [-0.3, -0.25) is 4.79 Å². The van der Waals surface area contributed by atoms with Gasteiger partial charge in [-0.05, 0) is 31.0 Å². The maximum atomic E-state index is 12.6. The van der Waals surface area contributed by atoms with E-state index in [0.29, 0.717) is 49.8 Å². The number of amides is 1. The molecule has 6 nitrogen and oxygen atoms in total. The summed E-state index contributed by atoms with van der Waals surface area (Å²) >= 11 is 0. The molecule has 0 radical (unpaired) electrons. The number of nitrogens with zero attached hydrogens (tertiary/aromatic N) is 1. The van der Waals surface area contributed by atoms with Gasteiger partial charge in [-0.2, -0.15) is 0 Å². The fourth-order valence-corrected chi connectivity index (χ4v) is 2.67. The fraction of sp³-hybridized carbons (Fsp3) is 0.467. The largest absolute Gasteiger partial charge is 0.441 e. The molecule has 1 aromatic heterocycles. The topological polar surface area (TPSA) is 90.4 Å². The smallest absolute Gasteiger partial charge is 0.232 e. The van der Waals surface area contributed by atoms with E-state index in [-0.39, 0.29) is 5.91 Å². The Morgan fingerprint density at radius 1 is 1.43 bits per heavy atom.